The highest BCUT2D eigenvalue weighted by Gasteiger charge is 2.13. The molecule has 1 N–H and O–H groups in total. The molecule has 2 aromatic carbocycles. The molecular weight excluding hydrogens is 364 g/mol. The highest BCUT2D eigenvalue weighted by molar-refractivity contribution is 6.30. The van der Waals surface area contributed by atoms with Gasteiger partial charge in [-0.3, -0.25) is 4.68 Å². The van der Waals surface area contributed by atoms with E-state index in [1.807, 2.05) is 18.2 Å². The Hall–Kier alpha value is -2.53. The normalized spacial score (nSPS) is 11.3. The van der Waals surface area contributed by atoms with Crippen molar-refractivity contribution in [2.24, 2.45) is 5.92 Å². The van der Waals surface area contributed by atoms with Gasteiger partial charge in [0.15, 0.2) is 0 Å². The molecule has 0 radical (unpaired) electrons. The van der Waals surface area contributed by atoms with Crippen molar-refractivity contribution in [1.82, 2.24) is 9.78 Å². The lowest BCUT2D eigenvalue weighted by Gasteiger charge is -2.17. The summed E-state index contributed by atoms with van der Waals surface area (Å²) in [7, 11) is 0. The van der Waals surface area contributed by atoms with Gasteiger partial charge in [-0.15, -0.1) is 0 Å². The maximum atomic E-state index is 11.3. The molecule has 0 unspecified atom stereocenters. The zero-order valence-electron chi connectivity index (χ0n) is 15.5. The molecule has 0 aliphatic rings. The van der Waals surface area contributed by atoms with Crippen molar-refractivity contribution >= 4 is 28.5 Å². The number of benzene rings is 2. The first-order chi connectivity index (χ1) is 13.0. The van der Waals surface area contributed by atoms with Gasteiger partial charge in [-0.2, -0.15) is 5.10 Å². The summed E-state index contributed by atoms with van der Waals surface area (Å²) in [6.07, 6.45) is 3.87. The van der Waals surface area contributed by atoms with Gasteiger partial charge in [0.05, 0.1) is 30.4 Å². The van der Waals surface area contributed by atoms with E-state index in [2.05, 4.69) is 18.9 Å². The molecule has 0 fully saturated rings. The predicted molar refractivity (Wildman–Crippen MR) is 107 cm³/mol. The lowest BCUT2D eigenvalue weighted by atomic mass is 10.1. The van der Waals surface area contributed by atoms with Crippen LogP contribution < -0.4 is 4.74 Å². The molecule has 0 spiro atoms. The summed E-state index contributed by atoms with van der Waals surface area (Å²) in [6.45, 7) is 5.43. The molecule has 6 heteroatoms. The Balaban J connectivity index is 1.91. The lowest BCUT2D eigenvalue weighted by molar-refractivity contribution is 0.0697. The molecule has 3 aromatic rings. The van der Waals surface area contributed by atoms with E-state index < -0.39 is 5.97 Å². The summed E-state index contributed by atoms with van der Waals surface area (Å²) in [5, 5.41) is 15.2. The van der Waals surface area contributed by atoms with Crippen LogP contribution in [0.4, 0.5) is 0 Å². The maximum Gasteiger partial charge on any atom is 0.335 e. The number of fused-ring (bicyclic) bond motifs is 1. The number of carbonyl (C=O) groups is 1. The fourth-order valence-corrected chi connectivity index (χ4v) is 3.23. The van der Waals surface area contributed by atoms with Crippen molar-refractivity contribution in [3.8, 4) is 5.75 Å². The van der Waals surface area contributed by atoms with Gasteiger partial charge >= 0.3 is 5.97 Å². The van der Waals surface area contributed by atoms with Gasteiger partial charge in [0.25, 0.3) is 0 Å². The minimum atomic E-state index is -0.957. The highest BCUT2D eigenvalue weighted by Crippen LogP contribution is 2.26. The first kappa shape index (κ1) is 19.2. The summed E-state index contributed by atoms with van der Waals surface area (Å²) < 4.78 is 7.84. The number of aromatic carboxylic acids is 1. The standard InChI is InChI=1S/C21H23ClN2O3/c1-3-14(4-2)13-27-20-8-7-18(22)9-17(20)12-24-19-10-15(21(25)26)5-6-16(19)11-23-24/h5-11,14H,3-4,12-13H2,1-2H3,(H,25,26). The third kappa shape index (κ3) is 4.42. The van der Waals surface area contributed by atoms with E-state index in [-0.39, 0.29) is 5.56 Å². The quantitative estimate of drug-likeness (QED) is 0.574. The number of nitrogens with zero attached hydrogens (tertiary/aromatic N) is 2. The third-order valence-corrected chi connectivity index (χ3v) is 5.10. The Kier molecular flexibility index (Phi) is 6.01. The maximum absolute atomic E-state index is 11.3. The van der Waals surface area contributed by atoms with E-state index in [0.29, 0.717) is 24.1 Å². The van der Waals surface area contributed by atoms with Crippen LogP contribution >= 0.6 is 11.6 Å². The van der Waals surface area contributed by atoms with Crippen molar-refractivity contribution in [2.45, 2.75) is 33.2 Å². The molecule has 1 heterocycles. The van der Waals surface area contributed by atoms with E-state index in [1.165, 1.54) is 0 Å². The van der Waals surface area contributed by atoms with Crippen LogP contribution in [0.2, 0.25) is 5.02 Å². The molecule has 0 saturated heterocycles. The lowest BCUT2D eigenvalue weighted by Crippen LogP contribution is -2.12. The monoisotopic (exact) mass is 386 g/mol. The number of rotatable bonds is 8. The van der Waals surface area contributed by atoms with Crippen LogP contribution in [0.1, 0.15) is 42.6 Å². The van der Waals surface area contributed by atoms with E-state index in [9.17, 15) is 9.90 Å². The van der Waals surface area contributed by atoms with Crippen LogP contribution in [0.3, 0.4) is 0 Å². The smallest absolute Gasteiger partial charge is 0.335 e. The average molecular weight is 387 g/mol. The van der Waals surface area contributed by atoms with E-state index in [1.54, 1.807) is 29.1 Å². The summed E-state index contributed by atoms with van der Waals surface area (Å²) in [4.78, 5) is 11.3. The molecule has 5 nitrogen and oxygen atoms in total. The molecule has 1 aromatic heterocycles. The predicted octanol–water partition coefficient (Wildman–Crippen LogP) is 5.25. The zero-order chi connectivity index (χ0) is 19.4. The van der Waals surface area contributed by atoms with Crippen molar-refractivity contribution in [3.63, 3.8) is 0 Å². The Morgan fingerprint density at radius 3 is 2.70 bits per heavy atom. The van der Waals surface area contributed by atoms with Gasteiger partial charge in [-0.25, -0.2) is 4.79 Å². The van der Waals surface area contributed by atoms with Crippen LogP contribution in [-0.2, 0) is 6.54 Å². The molecule has 3 rings (SSSR count). The summed E-state index contributed by atoms with van der Waals surface area (Å²) in [5.41, 5.74) is 1.92. The van der Waals surface area contributed by atoms with Gasteiger partial charge < -0.3 is 9.84 Å². The number of hydrogen-bond acceptors (Lipinski definition) is 3. The minimum absolute atomic E-state index is 0.237. The number of carboxylic acids is 1. The largest absolute Gasteiger partial charge is 0.493 e. The highest BCUT2D eigenvalue weighted by atomic mass is 35.5. The van der Waals surface area contributed by atoms with Gasteiger partial charge in [0.1, 0.15) is 5.75 Å². The Labute approximate surface area is 163 Å². The zero-order valence-corrected chi connectivity index (χ0v) is 16.2. The Morgan fingerprint density at radius 1 is 1.22 bits per heavy atom. The average Bonchev–Trinajstić information content (AvgIpc) is 3.06. The number of aromatic nitrogens is 2. The van der Waals surface area contributed by atoms with E-state index in [0.717, 1.165) is 35.1 Å². The van der Waals surface area contributed by atoms with Crippen molar-refractivity contribution in [3.05, 3.63) is 58.7 Å². The van der Waals surface area contributed by atoms with Crippen LogP contribution in [0.15, 0.2) is 42.6 Å². The minimum Gasteiger partial charge on any atom is -0.493 e. The third-order valence-electron chi connectivity index (χ3n) is 4.86. The van der Waals surface area contributed by atoms with Gasteiger partial charge in [0.2, 0.25) is 0 Å². The number of halogens is 1. The second-order valence-electron chi connectivity index (χ2n) is 6.63. The van der Waals surface area contributed by atoms with Gasteiger partial charge in [-0.05, 0) is 36.2 Å². The fraction of sp³-hybridized carbons (Fsp3) is 0.333. The van der Waals surface area contributed by atoms with Crippen LogP contribution in [0, 0.1) is 5.92 Å². The Morgan fingerprint density at radius 2 is 2.00 bits per heavy atom. The van der Waals surface area contributed by atoms with E-state index in [4.69, 9.17) is 16.3 Å². The number of ether oxygens (including phenoxy) is 1. The topological polar surface area (TPSA) is 64.4 Å². The summed E-state index contributed by atoms with van der Waals surface area (Å²) in [5.74, 6) is 0.336. The first-order valence-corrected chi connectivity index (χ1v) is 9.49. The Bertz CT molecular complexity index is 948. The molecule has 0 amide bonds. The van der Waals surface area contributed by atoms with Gasteiger partial charge in [-0.1, -0.05) is 44.4 Å². The van der Waals surface area contributed by atoms with Crippen molar-refractivity contribution < 1.29 is 14.6 Å². The van der Waals surface area contributed by atoms with Crippen LogP contribution in [0.5, 0.6) is 5.75 Å². The van der Waals surface area contributed by atoms with Gasteiger partial charge in [0, 0.05) is 16.0 Å². The second kappa shape index (κ2) is 8.44. The summed E-state index contributed by atoms with van der Waals surface area (Å²) >= 11 is 6.20. The van der Waals surface area contributed by atoms with Crippen LogP contribution in [-0.4, -0.2) is 27.5 Å². The second-order valence-corrected chi connectivity index (χ2v) is 7.06. The molecule has 0 aliphatic heterocycles. The number of carboxylic acid groups (broad SMARTS) is 1. The molecule has 0 atom stereocenters. The van der Waals surface area contributed by atoms with Crippen molar-refractivity contribution in [2.75, 3.05) is 6.61 Å². The molecule has 27 heavy (non-hydrogen) atoms. The fourth-order valence-electron chi connectivity index (χ4n) is 3.04. The SMILES string of the molecule is CCC(CC)COc1ccc(Cl)cc1Cn1ncc2ccc(C(=O)O)cc21. The molecule has 0 bridgehead atoms. The molecule has 0 saturated carbocycles. The van der Waals surface area contributed by atoms with Crippen LogP contribution in [0.25, 0.3) is 10.9 Å². The number of hydrogen-bond donors (Lipinski definition) is 1. The molecule has 142 valence electrons. The van der Waals surface area contributed by atoms with Crippen molar-refractivity contribution in [1.29, 1.82) is 0 Å². The molecule has 0 aliphatic carbocycles. The first-order valence-electron chi connectivity index (χ1n) is 9.11. The molecular formula is C21H23ClN2O3. The summed E-state index contributed by atoms with van der Waals surface area (Å²) in [6, 6.07) is 10.6. The van der Waals surface area contributed by atoms with E-state index >= 15 is 0 Å².